The first-order valence-electron chi connectivity index (χ1n) is 6.52. The van der Waals surface area contributed by atoms with Crippen molar-refractivity contribution in [3.63, 3.8) is 0 Å². The fraction of sp³-hybridized carbons (Fsp3) is 0.400. The average Bonchev–Trinajstić information content (AvgIpc) is 2.82. The van der Waals surface area contributed by atoms with Crippen molar-refractivity contribution in [1.29, 1.82) is 0 Å². The van der Waals surface area contributed by atoms with Gasteiger partial charge in [-0.1, -0.05) is 18.2 Å². The van der Waals surface area contributed by atoms with Crippen molar-refractivity contribution in [1.82, 2.24) is 10.3 Å². The molecular weight excluding hydrogens is 281 g/mol. The highest BCUT2D eigenvalue weighted by Gasteiger charge is 2.34. The van der Waals surface area contributed by atoms with E-state index in [4.69, 9.17) is 4.42 Å². The fourth-order valence-electron chi connectivity index (χ4n) is 1.89. The Morgan fingerprint density at radius 2 is 1.81 bits per heavy atom. The molecule has 0 aliphatic rings. The van der Waals surface area contributed by atoms with Gasteiger partial charge in [0, 0.05) is 17.6 Å². The monoisotopic (exact) mass is 298 g/mol. The van der Waals surface area contributed by atoms with Crippen LogP contribution in [0.1, 0.15) is 32.0 Å². The lowest BCUT2D eigenvalue weighted by Gasteiger charge is -2.20. The van der Waals surface area contributed by atoms with Crippen LogP contribution in [0.2, 0.25) is 0 Å². The zero-order chi connectivity index (χ0) is 15.7. The van der Waals surface area contributed by atoms with Gasteiger partial charge in [0.1, 0.15) is 5.69 Å². The van der Waals surface area contributed by atoms with E-state index >= 15 is 0 Å². The maximum Gasteiger partial charge on any atom is 0.417 e. The summed E-state index contributed by atoms with van der Waals surface area (Å²) in [5.74, 6) is 0.152. The number of alkyl halides is 3. The van der Waals surface area contributed by atoms with Crippen LogP contribution in [0.15, 0.2) is 35.1 Å². The zero-order valence-electron chi connectivity index (χ0n) is 12.1. The summed E-state index contributed by atoms with van der Waals surface area (Å²) in [6.07, 6.45) is -3.26. The minimum atomic E-state index is -4.43. The quantitative estimate of drug-likeness (QED) is 0.920. The molecule has 1 aromatic heterocycles. The van der Waals surface area contributed by atoms with Gasteiger partial charge < -0.3 is 9.73 Å². The first-order valence-corrected chi connectivity index (χ1v) is 6.52. The zero-order valence-corrected chi connectivity index (χ0v) is 12.1. The Kier molecular flexibility index (Phi) is 4.09. The highest BCUT2D eigenvalue weighted by atomic mass is 19.4. The average molecular weight is 298 g/mol. The van der Waals surface area contributed by atoms with Crippen LogP contribution in [-0.4, -0.2) is 10.5 Å². The molecule has 1 heterocycles. The van der Waals surface area contributed by atoms with Crippen LogP contribution in [0.25, 0.3) is 11.3 Å². The van der Waals surface area contributed by atoms with Crippen molar-refractivity contribution in [3.05, 3.63) is 41.9 Å². The Balaban J connectivity index is 2.38. The molecule has 0 atom stereocenters. The molecule has 0 aliphatic carbocycles. The van der Waals surface area contributed by atoms with Crippen LogP contribution in [0, 0.1) is 0 Å². The molecule has 21 heavy (non-hydrogen) atoms. The molecule has 2 rings (SSSR count). The second-order valence-electron chi connectivity index (χ2n) is 5.78. The lowest BCUT2D eigenvalue weighted by Crippen LogP contribution is -2.35. The molecule has 6 heteroatoms. The molecule has 0 saturated heterocycles. The molecule has 114 valence electrons. The van der Waals surface area contributed by atoms with Gasteiger partial charge in [-0.15, -0.1) is 0 Å². The predicted molar refractivity (Wildman–Crippen MR) is 73.5 cm³/mol. The molecule has 0 fully saturated rings. The van der Waals surface area contributed by atoms with E-state index in [1.807, 2.05) is 20.8 Å². The van der Waals surface area contributed by atoms with Gasteiger partial charge >= 0.3 is 6.18 Å². The third-order valence-corrected chi connectivity index (χ3v) is 2.90. The molecule has 0 saturated carbocycles. The highest BCUT2D eigenvalue weighted by Crippen LogP contribution is 2.37. The first kappa shape index (κ1) is 15.6. The number of halogens is 3. The van der Waals surface area contributed by atoms with Crippen molar-refractivity contribution < 1.29 is 17.6 Å². The van der Waals surface area contributed by atoms with E-state index in [1.165, 1.54) is 18.5 Å². The van der Waals surface area contributed by atoms with Gasteiger partial charge in [-0.25, -0.2) is 4.98 Å². The predicted octanol–water partition coefficient (Wildman–Crippen LogP) is 4.25. The Hall–Kier alpha value is -1.82. The topological polar surface area (TPSA) is 38.1 Å². The number of hydrogen-bond donors (Lipinski definition) is 1. The molecule has 0 amide bonds. The van der Waals surface area contributed by atoms with E-state index in [2.05, 4.69) is 10.3 Å². The van der Waals surface area contributed by atoms with Gasteiger partial charge in [0.05, 0.1) is 5.56 Å². The lowest BCUT2D eigenvalue weighted by atomic mass is 10.0. The van der Waals surface area contributed by atoms with Crippen LogP contribution in [0.5, 0.6) is 0 Å². The molecular formula is C15H17F3N2O. The van der Waals surface area contributed by atoms with E-state index in [9.17, 15) is 13.2 Å². The standard InChI is InChI=1S/C15H17F3N2O/c1-14(2,3)20-8-12-13(21-9-19-12)10-6-4-5-7-11(10)15(16,17)18/h4-7,9,20H,8H2,1-3H3. The Morgan fingerprint density at radius 3 is 2.43 bits per heavy atom. The summed E-state index contributed by atoms with van der Waals surface area (Å²) < 4.78 is 44.4. The number of benzene rings is 1. The van der Waals surface area contributed by atoms with Crippen LogP contribution < -0.4 is 5.32 Å². The second kappa shape index (κ2) is 5.52. The molecule has 0 bridgehead atoms. The van der Waals surface area contributed by atoms with Crippen molar-refractivity contribution in [3.8, 4) is 11.3 Å². The first-order chi connectivity index (χ1) is 9.68. The highest BCUT2D eigenvalue weighted by molar-refractivity contribution is 5.64. The van der Waals surface area contributed by atoms with E-state index in [1.54, 1.807) is 6.07 Å². The van der Waals surface area contributed by atoms with Crippen LogP contribution in [0.4, 0.5) is 13.2 Å². The summed E-state index contributed by atoms with van der Waals surface area (Å²) in [4.78, 5) is 4.02. The molecule has 1 aromatic carbocycles. The molecule has 2 aromatic rings. The minimum absolute atomic E-state index is 0.00760. The van der Waals surface area contributed by atoms with E-state index in [0.717, 1.165) is 6.07 Å². The Bertz CT molecular complexity index is 612. The van der Waals surface area contributed by atoms with Crippen molar-refractivity contribution >= 4 is 0 Å². The van der Waals surface area contributed by atoms with Crippen LogP contribution >= 0.6 is 0 Å². The molecule has 0 aliphatic heterocycles. The van der Waals surface area contributed by atoms with Crippen molar-refractivity contribution in [2.75, 3.05) is 0 Å². The minimum Gasteiger partial charge on any atom is -0.443 e. The molecule has 3 nitrogen and oxygen atoms in total. The number of oxazole rings is 1. The van der Waals surface area contributed by atoms with E-state index in [0.29, 0.717) is 12.2 Å². The Labute approximate surface area is 121 Å². The lowest BCUT2D eigenvalue weighted by molar-refractivity contribution is -0.137. The van der Waals surface area contributed by atoms with Gasteiger partial charge in [-0.2, -0.15) is 13.2 Å². The fourth-order valence-corrected chi connectivity index (χ4v) is 1.89. The maximum atomic E-state index is 13.1. The molecule has 0 spiro atoms. The number of nitrogens with zero attached hydrogens (tertiary/aromatic N) is 1. The number of nitrogens with one attached hydrogen (secondary N) is 1. The van der Waals surface area contributed by atoms with Gasteiger partial charge in [0.2, 0.25) is 0 Å². The van der Waals surface area contributed by atoms with Gasteiger partial charge in [-0.05, 0) is 26.8 Å². The summed E-state index contributed by atoms with van der Waals surface area (Å²) >= 11 is 0. The van der Waals surface area contributed by atoms with Gasteiger partial charge in [0.25, 0.3) is 0 Å². The normalized spacial score (nSPS) is 12.7. The summed E-state index contributed by atoms with van der Waals surface area (Å²) in [6, 6.07) is 5.34. The third kappa shape index (κ3) is 3.85. The van der Waals surface area contributed by atoms with Gasteiger partial charge in [0.15, 0.2) is 12.2 Å². The van der Waals surface area contributed by atoms with Crippen LogP contribution in [-0.2, 0) is 12.7 Å². The molecule has 0 radical (unpaired) electrons. The largest absolute Gasteiger partial charge is 0.443 e. The second-order valence-corrected chi connectivity index (χ2v) is 5.78. The van der Waals surface area contributed by atoms with Crippen molar-refractivity contribution in [2.24, 2.45) is 0 Å². The van der Waals surface area contributed by atoms with Crippen LogP contribution in [0.3, 0.4) is 0 Å². The van der Waals surface area contributed by atoms with E-state index in [-0.39, 0.29) is 16.9 Å². The van der Waals surface area contributed by atoms with Gasteiger partial charge in [-0.3, -0.25) is 0 Å². The third-order valence-electron chi connectivity index (χ3n) is 2.90. The maximum absolute atomic E-state index is 13.1. The van der Waals surface area contributed by atoms with Crippen molar-refractivity contribution in [2.45, 2.75) is 39.0 Å². The summed E-state index contributed by atoms with van der Waals surface area (Å²) in [6.45, 7) is 6.24. The summed E-state index contributed by atoms with van der Waals surface area (Å²) in [7, 11) is 0. The summed E-state index contributed by atoms with van der Waals surface area (Å²) in [5, 5.41) is 3.19. The Morgan fingerprint density at radius 1 is 1.14 bits per heavy atom. The smallest absolute Gasteiger partial charge is 0.417 e. The van der Waals surface area contributed by atoms with E-state index < -0.39 is 11.7 Å². The molecule has 0 unspecified atom stereocenters. The number of hydrogen-bond acceptors (Lipinski definition) is 3. The SMILES string of the molecule is CC(C)(C)NCc1ncoc1-c1ccccc1C(F)(F)F. The number of rotatable bonds is 3. The molecule has 1 N–H and O–H groups in total. The number of aromatic nitrogens is 1. The summed E-state index contributed by atoms with van der Waals surface area (Å²) in [5.41, 5.74) is -0.423.